The molecule has 1 aromatic carbocycles. The van der Waals surface area contributed by atoms with Gasteiger partial charge in [0.1, 0.15) is 10.6 Å². The number of amides is 1. The number of hydrogen-bond acceptors (Lipinski definition) is 6. The van der Waals surface area contributed by atoms with E-state index >= 15 is 0 Å². The summed E-state index contributed by atoms with van der Waals surface area (Å²) in [5.41, 5.74) is 1.76. The standard InChI is InChI=1S/C20H21N3O3S2/c1-11-3-8-14-15(9-11)28-19-17(14)18(25)22-20(23-19)27-10-16(24)21-12-4-6-13(26-2)7-5-12/h4-7,11H,3,8-10H2,1-2H3,(H,21,24)(H,22,23,25)/t11-/m1/s1. The third kappa shape index (κ3) is 3.93. The lowest BCUT2D eigenvalue weighted by Crippen LogP contribution is -2.16. The van der Waals surface area contributed by atoms with Crippen LogP contribution in [0.25, 0.3) is 10.2 Å². The second-order valence-electron chi connectivity index (χ2n) is 6.97. The quantitative estimate of drug-likeness (QED) is 0.488. The topological polar surface area (TPSA) is 84.1 Å². The average Bonchev–Trinajstić information content (AvgIpc) is 3.04. The van der Waals surface area contributed by atoms with Crippen molar-refractivity contribution in [2.24, 2.45) is 5.92 Å². The SMILES string of the molecule is COc1ccc(NC(=O)CSc2nc3sc4c(c3c(=O)[nH]2)CC[C@@H](C)C4)cc1. The molecule has 8 heteroatoms. The van der Waals surface area contributed by atoms with Gasteiger partial charge in [0.15, 0.2) is 5.16 Å². The number of nitrogens with zero attached hydrogens (tertiary/aromatic N) is 1. The molecule has 0 unspecified atom stereocenters. The first-order valence-corrected chi connectivity index (χ1v) is 10.9. The number of benzene rings is 1. The molecule has 2 aromatic heterocycles. The fourth-order valence-corrected chi connectivity index (χ4v) is 5.50. The number of aromatic amines is 1. The first-order valence-electron chi connectivity index (χ1n) is 9.14. The van der Waals surface area contributed by atoms with E-state index in [0.717, 1.165) is 35.2 Å². The normalized spacial score (nSPS) is 16.0. The van der Waals surface area contributed by atoms with E-state index in [9.17, 15) is 9.59 Å². The Morgan fingerprint density at radius 2 is 2.18 bits per heavy atom. The molecule has 28 heavy (non-hydrogen) atoms. The van der Waals surface area contributed by atoms with E-state index in [0.29, 0.717) is 16.8 Å². The molecular formula is C20H21N3O3S2. The smallest absolute Gasteiger partial charge is 0.260 e. The van der Waals surface area contributed by atoms with Crippen LogP contribution in [0.15, 0.2) is 34.2 Å². The van der Waals surface area contributed by atoms with Crippen LogP contribution in [0.2, 0.25) is 0 Å². The summed E-state index contributed by atoms with van der Waals surface area (Å²) in [5.74, 6) is 1.39. The molecule has 1 aliphatic carbocycles. The van der Waals surface area contributed by atoms with Gasteiger partial charge in [0, 0.05) is 10.6 Å². The highest BCUT2D eigenvalue weighted by Crippen LogP contribution is 2.36. The molecule has 0 bridgehead atoms. The molecule has 0 radical (unpaired) electrons. The van der Waals surface area contributed by atoms with E-state index < -0.39 is 0 Å². The monoisotopic (exact) mass is 415 g/mol. The molecule has 2 N–H and O–H groups in total. The molecule has 0 saturated heterocycles. The van der Waals surface area contributed by atoms with Crippen LogP contribution in [0.5, 0.6) is 5.75 Å². The van der Waals surface area contributed by atoms with Gasteiger partial charge in [0.05, 0.1) is 18.2 Å². The van der Waals surface area contributed by atoms with Crippen LogP contribution in [0.4, 0.5) is 5.69 Å². The van der Waals surface area contributed by atoms with Crippen LogP contribution < -0.4 is 15.6 Å². The van der Waals surface area contributed by atoms with Gasteiger partial charge in [-0.15, -0.1) is 11.3 Å². The van der Waals surface area contributed by atoms with E-state index in [1.165, 1.54) is 22.2 Å². The second-order valence-corrected chi connectivity index (χ2v) is 9.02. The number of carbonyl (C=O) groups is 1. The Hall–Kier alpha value is -2.32. The minimum absolute atomic E-state index is 0.102. The number of H-pyrrole nitrogens is 1. The largest absolute Gasteiger partial charge is 0.497 e. The zero-order valence-electron chi connectivity index (χ0n) is 15.7. The zero-order chi connectivity index (χ0) is 19.7. The summed E-state index contributed by atoms with van der Waals surface area (Å²) in [6.45, 7) is 2.24. The van der Waals surface area contributed by atoms with Gasteiger partial charge in [-0.3, -0.25) is 9.59 Å². The Kier molecular flexibility index (Phi) is 5.41. The molecule has 3 aromatic rings. The number of rotatable bonds is 5. The molecule has 2 heterocycles. The van der Waals surface area contributed by atoms with Crippen LogP contribution >= 0.6 is 23.1 Å². The summed E-state index contributed by atoms with van der Waals surface area (Å²) < 4.78 is 5.10. The molecule has 0 spiro atoms. The second kappa shape index (κ2) is 7.97. The molecular weight excluding hydrogens is 394 g/mol. The van der Waals surface area contributed by atoms with Crippen LogP contribution in [0.3, 0.4) is 0 Å². The Balaban J connectivity index is 1.46. The summed E-state index contributed by atoms with van der Waals surface area (Å²) >= 11 is 2.85. The van der Waals surface area contributed by atoms with Crippen molar-refractivity contribution >= 4 is 44.9 Å². The Morgan fingerprint density at radius 3 is 2.93 bits per heavy atom. The third-order valence-corrected chi connectivity index (χ3v) is 6.88. The number of thioether (sulfide) groups is 1. The van der Waals surface area contributed by atoms with Crippen molar-refractivity contribution in [3.05, 3.63) is 45.1 Å². The van der Waals surface area contributed by atoms with Gasteiger partial charge in [-0.2, -0.15) is 0 Å². The van der Waals surface area contributed by atoms with Crippen molar-refractivity contribution in [1.82, 2.24) is 9.97 Å². The maximum Gasteiger partial charge on any atom is 0.260 e. The van der Waals surface area contributed by atoms with E-state index in [-0.39, 0.29) is 17.2 Å². The zero-order valence-corrected chi connectivity index (χ0v) is 17.3. The summed E-state index contributed by atoms with van der Waals surface area (Å²) in [7, 11) is 1.60. The van der Waals surface area contributed by atoms with Crippen LogP contribution in [0, 0.1) is 5.92 Å². The maximum absolute atomic E-state index is 12.6. The van der Waals surface area contributed by atoms with Crippen LogP contribution in [0.1, 0.15) is 23.8 Å². The third-order valence-electron chi connectivity index (χ3n) is 4.86. The van der Waals surface area contributed by atoms with Gasteiger partial charge < -0.3 is 15.0 Å². The number of aromatic nitrogens is 2. The maximum atomic E-state index is 12.6. The number of fused-ring (bicyclic) bond motifs is 3. The van der Waals surface area contributed by atoms with Gasteiger partial charge in [-0.1, -0.05) is 18.7 Å². The van der Waals surface area contributed by atoms with Gasteiger partial charge >= 0.3 is 0 Å². The molecule has 6 nitrogen and oxygen atoms in total. The molecule has 146 valence electrons. The highest BCUT2D eigenvalue weighted by molar-refractivity contribution is 7.99. The van der Waals surface area contributed by atoms with Gasteiger partial charge in [0.25, 0.3) is 5.56 Å². The van der Waals surface area contributed by atoms with Crippen LogP contribution in [-0.4, -0.2) is 28.7 Å². The lowest BCUT2D eigenvalue weighted by atomic mass is 9.89. The molecule has 1 aliphatic rings. The predicted molar refractivity (Wildman–Crippen MR) is 114 cm³/mol. The highest BCUT2D eigenvalue weighted by Gasteiger charge is 2.23. The summed E-state index contributed by atoms with van der Waals surface area (Å²) in [4.78, 5) is 34.3. The van der Waals surface area contributed by atoms with Crippen molar-refractivity contribution in [2.45, 2.75) is 31.3 Å². The van der Waals surface area contributed by atoms with E-state index in [2.05, 4.69) is 22.2 Å². The Bertz CT molecular complexity index is 1070. The first-order chi connectivity index (χ1) is 13.5. The average molecular weight is 416 g/mol. The molecule has 1 amide bonds. The Labute approximate surface area is 170 Å². The highest BCUT2D eigenvalue weighted by atomic mass is 32.2. The van der Waals surface area contributed by atoms with E-state index in [1.807, 2.05) is 0 Å². The molecule has 0 fully saturated rings. The van der Waals surface area contributed by atoms with Crippen molar-refractivity contribution < 1.29 is 9.53 Å². The number of nitrogens with one attached hydrogen (secondary N) is 2. The number of aryl methyl sites for hydroxylation is 1. The minimum atomic E-state index is -0.155. The van der Waals surface area contributed by atoms with Gasteiger partial charge in [-0.05, 0) is 55.0 Å². The van der Waals surface area contributed by atoms with Crippen molar-refractivity contribution in [3.63, 3.8) is 0 Å². The summed E-state index contributed by atoms with van der Waals surface area (Å²) in [5, 5.41) is 4.04. The lowest BCUT2D eigenvalue weighted by molar-refractivity contribution is -0.113. The lowest BCUT2D eigenvalue weighted by Gasteiger charge is -2.17. The number of thiophene rings is 1. The van der Waals surface area contributed by atoms with Crippen molar-refractivity contribution in [2.75, 3.05) is 18.2 Å². The number of hydrogen-bond donors (Lipinski definition) is 2. The summed E-state index contributed by atoms with van der Waals surface area (Å²) in [6.07, 6.45) is 3.07. The number of ether oxygens (including phenoxy) is 1. The minimum Gasteiger partial charge on any atom is -0.497 e. The molecule has 1 atom stereocenters. The van der Waals surface area contributed by atoms with Gasteiger partial charge in [-0.25, -0.2) is 4.98 Å². The predicted octanol–water partition coefficient (Wildman–Crippen LogP) is 3.85. The number of anilines is 1. The van der Waals surface area contributed by atoms with Crippen molar-refractivity contribution in [3.8, 4) is 5.75 Å². The number of methoxy groups -OCH3 is 1. The Morgan fingerprint density at radius 1 is 1.39 bits per heavy atom. The van der Waals surface area contributed by atoms with E-state index in [4.69, 9.17) is 4.74 Å². The van der Waals surface area contributed by atoms with Crippen molar-refractivity contribution in [1.29, 1.82) is 0 Å². The number of carbonyl (C=O) groups excluding carboxylic acids is 1. The van der Waals surface area contributed by atoms with Crippen LogP contribution in [-0.2, 0) is 17.6 Å². The summed E-state index contributed by atoms with van der Waals surface area (Å²) in [6, 6.07) is 7.14. The van der Waals surface area contributed by atoms with Gasteiger partial charge in [0.2, 0.25) is 5.91 Å². The fourth-order valence-electron chi connectivity index (χ4n) is 3.40. The first kappa shape index (κ1) is 19.0. The molecule has 4 rings (SSSR count). The molecule has 0 aliphatic heterocycles. The van der Waals surface area contributed by atoms with E-state index in [1.54, 1.807) is 42.7 Å². The molecule has 0 saturated carbocycles. The fraction of sp³-hybridized carbons (Fsp3) is 0.350.